The van der Waals surface area contributed by atoms with Crippen molar-refractivity contribution < 1.29 is 10.2 Å². The standard InChI is InChI=1S/C44H56N2O2/c1-41(2,3)29-23-31(39(47)33(25-29)43(7,8)9)37(45)35(27-19-15-13-16-20-27)36(28-21-17-14-18-22-28)38(46)32-24-30(42(4,5)6)26-34(40(32)48)44(10,11)12/h13-26,35-36,45-48H,1-12H3/t35-,36-/m0/s1. The van der Waals surface area contributed by atoms with Crippen LogP contribution in [0.15, 0.2) is 84.9 Å². The Bertz CT molecular complexity index is 1660. The van der Waals surface area contributed by atoms with Crippen LogP contribution in [0, 0.1) is 10.8 Å². The second-order valence-electron chi connectivity index (χ2n) is 17.4. The van der Waals surface area contributed by atoms with Crippen LogP contribution in [0.2, 0.25) is 0 Å². The predicted octanol–water partition coefficient (Wildman–Crippen LogP) is 11.3. The molecule has 0 saturated carbocycles. The molecule has 0 fully saturated rings. The average molecular weight is 645 g/mol. The van der Waals surface area contributed by atoms with Gasteiger partial charge in [0.15, 0.2) is 0 Å². The molecule has 4 aromatic rings. The molecule has 0 aliphatic rings. The van der Waals surface area contributed by atoms with Crippen LogP contribution < -0.4 is 0 Å². The van der Waals surface area contributed by atoms with E-state index in [1.54, 1.807) is 0 Å². The molecule has 4 heteroatoms. The maximum absolute atomic E-state index is 12.0. The largest absolute Gasteiger partial charge is 0.507 e. The highest BCUT2D eigenvalue weighted by atomic mass is 16.3. The Labute approximate surface area is 289 Å². The van der Waals surface area contributed by atoms with Gasteiger partial charge >= 0.3 is 0 Å². The van der Waals surface area contributed by atoms with Crippen molar-refractivity contribution in [2.75, 3.05) is 0 Å². The maximum Gasteiger partial charge on any atom is 0.128 e. The number of nitrogens with one attached hydrogen (secondary N) is 2. The molecule has 2 atom stereocenters. The number of hydrogen-bond acceptors (Lipinski definition) is 4. The second-order valence-corrected chi connectivity index (χ2v) is 17.4. The Balaban J connectivity index is 2.10. The molecule has 0 spiro atoms. The maximum atomic E-state index is 12.0. The molecule has 4 nitrogen and oxygen atoms in total. The first-order chi connectivity index (χ1) is 22.0. The zero-order valence-electron chi connectivity index (χ0n) is 31.1. The van der Waals surface area contributed by atoms with Crippen LogP contribution in [0.5, 0.6) is 11.5 Å². The van der Waals surface area contributed by atoms with Crippen molar-refractivity contribution in [3.63, 3.8) is 0 Å². The van der Waals surface area contributed by atoms with E-state index in [-0.39, 0.29) is 44.6 Å². The van der Waals surface area contributed by atoms with E-state index in [1.807, 2.05) is 72.8 Å². The van der Waals surface area contributed by atoms with Crippen LogP contribution in [0.25, 0.3) is 0 Å². The Morgan fingerprint density at radius 3 is 1.00 bits per heavy atom. The zero-order valence-corrected chi connectivity index (χ0v) is 31.1. The lowest BCUT2D eigenvalue weighted by molar-refractivity contribution is 0.441. The molecule has 4 aromatic carbocycles. The third-order valence-electron chi connectivity index (χ3n) is 9.42. The topological polar surface area (TPSA) is 88.2 Å². The van der Waals surface area contributed by atoms with Crippen molar-refractivity contribution in [2.24, 2.45) is 0 Å². The van der Waals surface area contributed by atoms with E-state index in [0.29, 0.717) is 11.1 Å². The second kappa shape index (κ2) is 13.0. The van der Waals surface area contributed by atoms with E-state index in [0.717, 1.165) is 33.4 Å². The van der Waals surface area contributed by atoms with Gasteiger partial charge in [-0.2, -0.15) is 0 Å². The van der Waals surface area contributed by atoms with Crippen LogP contribution in [-0.4, -0.2) is 21.6 Å². The van der Waals surface area contributed by atoms with Gasteiger partial charge in [0.05, 0.1) is 11.4 Å². The molecule has 0 heterocycles. The van der Waals surface area contributed by atoms with Crippen LogP contribution in [0.1, 0.15) is 139 Å². The van der Waals surface area contributed by atoms with E-state index in [2.05, 4.69) is 95.2 Å². The third kappa shape index (κ3) is 7.59. The van der Waals surface area contributed by atoms with Crippen LogP contribution >= 0.6 is 0 Å². The molecule has 0 saturated heterocycles. The molecule has 0 unspecified atom stereocenters. The van der Waals surface area contributed by atoms with E-state index >= 15 is 0 Å². The molecule has 0 bridgehead atoms. The monoisotopic (exact) mass is 644 g/mol. The number of aromatic hydroxyl groups is 2. The molecule has 0 amide bonds. The summed E-state index contributed by atoms with van der Waals surface area (Å²) in [5.74, 6) is -1.09. The highest BCUT2D eigenvalue weighted by molar-refractivity contribution is 6.13. The first kappa shape index (κ1) is 36.7. The first-order valence-corrected chi connectivity index (χ1v) is 17.1. The van der Waals surface area contributed by atoms with Gasteiger partial charge in [-0.3, -0.25) is 0 Å². The minimum atomic E-state index is -0.647. The summed E-state index contributed by atoms with van der Waals surface area (Å²) in [7, 11) is 0. The summed E-state index contributed by atoms with van der Waals surface area (Å²) in [5, 5.41) is 43.9. The normalized spacial score (nSPS) is 14.0. The van der Waals surface area contributed by atoms with Gasteiger partial charge in [0.2, 0.25) is 0 Å². The molecule has 4 rings (SSSR count). The van der Waals surface area contributed by atoms with Crippen molar-refractivity contribution in [3.8, 4) is 11.5 Å². The van der Waals surface area contributed by atoms with Crippen LogP contribution in [0.4, 0.5) is 0 Å². The average Bonchev–Trinajstić information content (AvgIpc) is 2.98. The lowest BCUT2D eigenvalue weighted by atomic mass is 9.70. The molecular formula is C44H56N2O2. The molecule has 254 valence electrons. The quantitative estimate of drug-likeness (QED) is 0.151. The molecule has 48 heavy (non-hydrogen) atoms. The molecular weight excluding hydrogens is 588 g/mol. The molecule has 0 aliphatic carbocycles. The smallest absolute Gasteiger partial charge is 0.128 e. The van der Waals surface area contributed by atoms with Gasteiger partial charge in [0.25, 0.3) is 0 Å². The van der Waals surface area contributed by atoms with Crippen LogP contribution in [-0.2, 0) is 21.7 Å². The number of phenolic OH excluding ortho intramolecular Hbond substituents is 2. The SMILES string of the molecule is CC(C)(C)c1cc(C(=N)[C@@H](c2ccccc2)[C@@H](C(=N)c2cc(C(C)(C)C)cc(C(C)(C)C)c2O)c2ccccc2)c(O)c(C(C)(C)C)c1. The lowest BCUT2D eigenvalue weighted by Crippen LogP contribution is -2.29. The van der Waals surface area contributed by atoms with E-state index in [4.69, 9.17) is 0 Å². The van der Waals surface area contributed by atoms with E-state index in [9.17, 15) is 21.0 Å². The van der Waals surface area contributed by atoms with Crippen molar-refractivity contribution >= 4 is 11.4 Å². The molecule has 4 N–H and O–H groups in total. The number of phenols is 2. The zero-order chi connectivity index (χ0) is 36.0. The highest BCUT2D eigenvalue weighted by Crippen LogP contribution is 2.46. The van der Waals surface area contributed by atoms with Gasteiger partial charge in [-0.15, -0.1) is 0 Å². The minimum absolute atomic E-state index is 0.104. The summed E-state index contributed by atoms with van der Waals surface area (Å²) < 4.78 is 0. The highest BCUT2D eigenvalue weighted by Gasteiger charge is 2.38. The third-order valence-corrected chi connectivity index (χ3v) is 9.42. The number of benzene rings is 4. The minimum Gasteiger partial charge on any atom is -0.507 e. The number of hydrogen-bond donors (Lipinski definition) is 4. The van der Waals surface area contributed by atoms with Gasteiger partial charge in [0, 0.05) is 34.1 Å². The lowest BCUT2D eigenvalue weighted by Gasteiger charge is -2.33. The van der Waals surface area contributed by atoms with Gasteiger partial charge in [-0.05, 0) is 56.0 Å². The van der Waals surface area contributed by atoms with Gasteiger partial charge in [-0.25, -0.2) is 0 Å². The summed E-state index contributed by atoms with van der Waals surface area (Å²) in [5.41, 5.74) is 5.61. The summed E-state index contributed by atoms with van der Waals surface area (Å²) in [4.78, 5) is 0. The Hall–Kier alpha value is -4.18. The van der Waals surface area contributed by atoms with Crippen molar-refractivity contribution in [1.29, 1.82) is 10.8 Å². The fourth-order valence-corrected chi connectivity index (χ4v) is 6.40. The van der Waals surface area contributed by atoms with Gasteiger partial charge in [-0.1, -0.05) is 156 Å². The number of rotatable bonds is 7. The van der Waals surface area contributed by atoms with Crippen molar-refractivity contribution in [3.05, 3.63) is 129 Å². The van der Waals surface area contributed by atoms with Crippen LogP contribution in [0.3, 0.4) is 0 Å². The van der Waals surface area contributed by atoms with E-state index in [1.165, 1.54) is 0 Å². The summed E-state index contributed by atoms with van der Waals surface area (Å²) in [6.45, 7) is 25.4. The Morgan fingerprint density at radius 1 is 0.458 bits per heavy atom. The van der Waals surface area contributed by atoms with Gasteiger partial charge in [0.1, 0.15) is 11.5 Å². The van der Waals surface area contributed by atoms with E-state index < -0.39 is 11.8 Å². The van der Waals surface area contributed by atoms with Gasteiger partial charge < -0.3 is 21.0 Å². The first-order valence-electron chi connectivity index (χ1n) is 17.1. The summed E-state index contributed by atoms with van der Waals surface area (Å²) >= 11 is 0. The summed E-state index contributed by atoms with van der Waals surface area (Å²) in [6, 6.07) is 27.8. The summed E-state index contributed by atoms with van der Waals surface area (Å²) in [6.07, 6.45) is 0. The predicted molar refractivity (Wildman–Crippen MR) is 203 cm³/mol. The fraction of sp³-hybridized carbons (Fsp3) is 0.409. The Morgan fingerprint density at radius 2 is 0.750 bits per heavy atom. The van der Waals surface area contributed by atoms with Crippen molar-refractivity contribution in [2.45, 2.75) is 117 Å². The molecule has 0 radical (unpaired) electrons. The fourth-order valence-electron chi connectivity index (χ4n) is 6.40. The Kier molecular flexibility index (Phi) is 9.95. The molecule has 0 aromatic heterocycles. The van der Waals surface area contributed by atoms with Crippen molar-refractivity contribution in [1.82, 2.24) is 0 Å². The molecule has 0 aliphatic heterocycles.